The predicted octanol–water partition coefficient (Wildman–Crippen LogP) is 5.03. The van der Waals surface area contributed by atoms with Gasteiger partial charge in [0.05, 0.1) is 5.56 Å². The molecule has 0 unspecified atom stereocenters. The van der Waals surface area contributed by atoms with Crippen LogP contribution in [0.1, 0.15) is 11.1 Å². The minimum atomic E-state index is -4.40. The number of anilines is 1. The molecule has 4 rings (SSSR count). The van der Waals surface area contributed by atoms with Crippen LogP contribution < -0.4 is 5.32 Å². The van der Waals surface area contributed by atoms with Crippen molar-refractivity contribution in [2.75, 3.05) is 5.32 Å². The number of fused-ring (bicyclic) bond motifs is 1. The number of nitrogens with zero attached hydrogens (tertiary/aromatic N) is 3. The summed E-state index contributed by atoms with van der Waals surface area (Å²) in [5, 5.41) is 3.12. The van der Waals surface area contributed by atoms with Gasteiger partial charge in [-0.25, -0.2) is 9.97 Å². The molecule has 0 aliphatic carbocycles. The van der Waals surface area contributed by atoms with Crippen molar-refractivity contribution < 1.29 is 13.2 Å². The number of aromatic nitrogens is 3. The first-order chi connectivity index (χ1) is 13.0. The second-order valence-corrected chi connectivity index (χ2v) is 5.97. The molecule has 2 aromatic heterocycles. The Morgan fingerprint density at radius 2 is 1.67 bits per heavy atom. The van der Waals surface area contributed by atoms with Crippen LogP contribution in [0.3, 0.4) is 0 Å². The van der Waals surface area contributed by atoms with Crippen molar-refractivity contribution in [1.29, 1.82) is 0 Å². The highest BCUT2D eigenvalue weighted by Gasteiger charge is 2.32. The Morgan fingerprint density at radius 3 is 2.44 bits per heavy atom. The zero-order valence-corrected chi connectivity index (χ0v) is 14.1. The molecule has 136 valence electrons. The smallest absolute Gasteiger partial charge is 0.365 e. The van der Waals surface area contributed by atoms with Gasteiger partial charge in [-0.3, -0.25) is 4.40 Å². The van der Waals surface area contributed by atoms with E-state index in [-0.39, 0.29) is 12.1 Å². The summed E-state index contributed by atoms with van der Waals surface area (Å²) in [7, 11) is 0. The van der Waals surface area contributed by atoms with E-state index >= 15 is 0 Å². The summed E-state index contributed by atoms with van der Waals surface area (Å²) in [5.41, 5.74) is 1.02. The Kier molecular flexibility index (Phi) is 4.27. The lowest BCUT2D eigenvalue weighted by Crippen LogP contribution is -2.12. The highest BCUT2D eigenvalue weighted by atomic mass is 19.4. The second-order valence-electron chi connectivity index (χ2n) is 5.97. The van der Waals surface area contributed by atoms with Crippen LogP contribution in [0.25, 0.3) is 17.0 Å². The van der Waals surface area contributed by atoms with Gasteiger partial charge in [0, 0.05) is 24.5 Å². The van der Waals surface area contributed by atoms with E-state index in [1.165, 1.54) is 12.1 Å². The summed E-state index contributed by atoms with van der Waals surface area (Å²) >= 11 is 0. The summed E-state index contributed by atoms with van der Waals surface area (Å²) in [6, 6.07) is 16.8. The fraction of sp³-hybridized carbons (Fsp3) is 0.100. The molecule has 7 heteroatoms. The van der Waals surface area contributed by atoms with Crippen LogP contribution in [0, 0.1) is 0 Å². The minimum absolute atomic E-state index is 0.0121. The average molecular weight is 368 g/mol. The maximum Gasteiger partial charge on any atom is 0.416 e. The Bertz CT molecular complexity index is 1070. The molecule has 0 aliphatic heterocycles. The number of nitrogens with one attached hydrogen (secondary N) is 1. The van der Waals surface area contributed by atoms with Crippen molar-refractivity contribution in [3.8, 4) is 11.3 Å². The third-order valence-electron chi connectivity index (χ3n) is 4.22. The van der Waals surface area contributed by atoms with Gasteiger partial charge >= 0.3 is 6.18 Å². The lowest BCUT2D eigenvalue weighted by molar-refractivity contribution is -0.138. The van der Waals surface area contributed by atoms with Gasteiger partial charge in [0.2, 0.25) is 5.78 Å². The maximum absolute atomic E-state index is 13.3. The molecule has 0 spiro atoms. The molecule has 0 aliphatic rings. The standard InChI is InChI=1S/C20H15F3N4/c21-20(22,23)16-10-5-4-9-15(16)13-25-18-17(14-7-2-1-3-8-14)26-19-24-11-6-12-27(18)19/h1-12,25H,13H2. The number of alkyl halides is 3. The van der Waals surface area contributed by atoms with E-state index in [2.05, 4.69) is 15.3 Å². The zero-order chi connectivity index (χ0) is 18.9. The summed E-state index contributed by atoms with van der Waals surface area (Å²) in [6.07, 6.45) is -0.999. The fourth-order valence-corrected chi connectivity index (χ4v) is 2.98. The molecule has 4 aromatic rings. The monoisotopic (exact) mass is 368 g/mol. The molecule has 0 fully saturated rings. The van der Waals surface area contributed by atoms with E-state index in [4.69, 9.17) is 0 Å². The largest absolute Gasteiger partial charge is 0.416 e. The Morgan fingerprint density at radius 1 is 0.926 bits per heavy atom. The summed E-state index contributed by atoms with van der Waals surface area (Å²) in [6.45, 7) is 0.0121. The highest BCUT2D eigenvalue weighted by Crippen LogP contribution is 2.33. The molecule has 2 aromatic carbocycles. The Labute approximate surface area is 153 Å². The van der Waals surface area contributed by atoms with Gasteiger partial charge in [0.25, 0.3) is 0 Å². The number of hydrogen-bond acceptors (Lipinski definition) is 3. The van der Waals surface area contributed by atoms with Crippen LogP contribution in [0.5, 0.6) is 0 Å². The van der Waals surface area contributed by atoms with Crippen molar-refractivity contribution in [2.45, 2.75) is 12.7 Å². The molecule has 1 N–H and O–H groups in total. The highest BCUT2D eigenvalue weighted by molar-refractivity contribution is 5.75. The number of imidazole rings is 1. The summed E-state index contributed by atoms with van der Waals surface area (Å²) < 4.78 is 41.5. The fourth-order valence-electron chi connectivity index (χ4n) is 2.98. The maximum atomic E-state index is 13.3. The molecule has 27 heavy (non-hydrogen) atoms. The van der Waals surface area contributed by atoms with E-state index in [9.17, 15) is 13.2 Å². The number of hydrogen-bond donors (Lipinski definition) is 1. The first-order valence-corrected chi connectivity index (χ1v) is 8.31. The third kappa shape index (κ3) is 3.36. The molecule has 0 bridgehead atoms. The van der Waals surface area contributed by atoms with E-state index in [0.717, 1.165) is 11.6 Å². The second kappa shape index (κ2) is 6.75. The van der Waals surface area contributed by atoms with Crippen molar-refractivity contribution in [3.63, 3.8) is 0 Å². The number of benzene rings is 2. The van der Waals surface area contributed by atoms with Gasteiger partial charge in [0.1, 0.15) is 11.5 Å². The van der Waals surface area contributed by atoms with Gasteiger partial charge in [0.15, 0.2) is 0 Å². The molecule has 0 atom stereocenters. The normalized spacial score (nSPS) is 11.7. The minimum Gasteiger partial charge on any atom is -0.365 e. The molecule has 0 amide bonds. The SMILES string of the molecule is FC(F)(F)c1ccccc1CNc1c(-c2ccccc2)nc2ncccn12. The molecule has 0 saturated heterocycles. The van der Waals surface area contributed by atoms with Crippen LogP contribution in [0.15, 0.2) is 73.1 Å². The predicted molar refractivity (Wildman–Crippen MR) is 97.2 cm³/mol. The van der Waals surface area contributed by atoms with E-state index in [0.29, 0.717) is 17.3 Å². The average Bonchev–Trinajstić information content (AvgIpc) is 3.05. The number of rotatable bonds is 4. The molecule has 0 saturated carbocycles. The van der Waals surface area contributed by atoms with Gasteiger partial charge in [-0.1, -0.05) is 48.5 Å². The van der Waals surface area contributed by atoms with Crippen LogP contribution in [0.2, 0.25) is 0 Å². The Hall–Kier alpha value is -3.35. The van der Waals surface area contributed by atoms with E-state index in [1.54, 1.807) is 28.9 Å². The van der Waals surface area contributed by atoms with Gasteiger partial charge in [-0.15, -0.1) is 0 Å². The summed E-state index contributed by atoms with van der Waals surface area (Å²) in [5.74, 6) is 1.07. The molecular formula is C20H15F3N4. The molecular weight excluding hydrogens is 353 g/mol. The first kappa shape index (κ1) is 17.1. The lowest BCUT2D eigenvalue weighted by Gasteiger charge is -2.14. The van der Waals surface area contributed by atoms with Crippen molar-refractivity contribution >= 4 is 11.6 Å². The zero-order valence-electron chi connectivity index (χ0n) is 14.1. The van der Waals surface area contributed by atoms with Gasteiger partial charge < -0.3 is 5.32 Å². The van der Waals surface area contributed by atoms with Crippen LogP contribution >= 0.6 is 0 Å². The Balaban J connectivity index is 1.75. The van der Waals surface area contributed by atoms with E-state index < -0.39 is 11.7 Å². The van der Waals surface area contributed by atoms with Gasteiger partial charge in [-0.05, 0) is 17.7 Å². The molecule has 2 heterocycles. The summed E-state index contributed by atoms with van der Waals surface area (Å²) in [4.78, 5) is 8.77. The quantitative estimate of drug-likeness (QED) is 0.550. The van der Waals surface area contributed by atoms with Gasteiger partial charge in [-0.2, -0.15) is 13.2 Å². The van der Waals surface area contributed by atoms with Crippen molar-refractivity contribution in [3.05, 3.63) is 84.2 Å². The third-order valence-corrected chi connectivity index (χ3v) is 4.22. The number of halogens is 3. The molecule has 0 radical (unpaired) electrons. The van der Waals surface area contributed by atoms with Crippen LogP contribution in [-0.4, -0.2) is 14.4 Å². The van der Waals surface area contributed by atoms with Crippen molar-refractivity contribution in [1.82, 2.24) is 14.4 Å². The van der Waals surface area contributed by atoms with Crippen LogP contribution in [-0.2, 0) is 12.7 Å². The topological polar surface area (TPSA) is 42.2 Å². The molecule has 4 nitrogen and oxygen atoms in total. The van der Waals surface area contributed by atoms with Crippen molar-refractivity contribution in [2.24, 2.45) is 0 Å². The van der Waals surface area contributed by atoms with E-state index in [1.807, 2.05) is 30.3 Å². The van der Waals surface area contributed by atoms with Crippen LogP contribution in [0.4, 0.5) is 19.0 Å². The first-order valence-electron chi connectivity index (χ1n) is 8.31. The lowest BCUT2D eigenvalue weighted by atomic mass is 10.1.